The van der Waals surface area contributed by atoms with E-state index in [0.717, 1.165) is 25.7 Å². The Morgan fingerprint density at radius 3 is 0.789 bits per heavy atom. The molecule has 0 aliphatic rings. The van der Waals surface area contributed by atoms with Gasteiger partial charge in [-0.15, -0.1) is 0 Å². The van der Waals surface area contributed by atoms with Crippen LogP contribution in [0.5, 0.6) is 0 Å². The summed E-state index contributed by atoms with van der Waals surface area (Å²) >= 11 is 0. The fraction of sp³-hybridized carbons (Fsp3) is 1.00. The predicted molar refractivity (Wildman–Crippen MR) is 160 cm³/mol. The van der Waals surface area contributed by atoms with Crippen LogP contribution in [0.1, 0.15) is 194 Å². The first kappa shape index (κ1) is 40.8. The van der Waals surface area contributed by atoms with Crippen molar-refractivity contribution in [3.8, 4) is 0 Å². The first-order valence-electron chi connectivity index (χ1n) is 16.7. The van der Waals surface area contributed by atoms with E-state index in [-0.39, 0.29) is 32.1 Å². The van der Waals surface area contributed by atoms with Crippen molar-refractivity contribution in [3.63, 3.8) is 0 Å². The van der Waals surface area contributed by atoms with Gasteiger partial charge in [0.25, 0.3) is 7.82 Å². The molecule has 0 saturated carbocycles. The molecule has 0 N–H and O–H groups in total. The molecule has 0 atom stereocenters. The Bertz CT molecular complexity index is 440. The molecule has 0 bridgehead atoms. The van der Waals surface area contributed by atoms with Gasteiger partial charge in [0.2, 0.25) is 0 Å². The Morgan fingerprint density at radius 1 is 0.395 bits per heavy atom. The molecule has 0 aromatic heterocycles. The van der Waals surface area contributed by atoms with Crippen LogP contribution in [0.3, 0.4) is 0 Å². The summed E-state index contributed by atoms with van der Waals surface area (Å²) in [7, 11) is -4.12. The van der Waals surface area contributed by atoms with Crippen LogP contribution in [0.4, 0.5) is 0 Å². The first-order valence-corrected chi connectivity index (χ1v) is 18.2. The summed E-state index contributed by atoms with van der Waals surface area (Å²) in [6.07, 6.45) is 36.0. The molecule has 0 heterocycles. The van der Waals surface area contributed by atoms with Crippen molar-refractivity contribution >= 4 is 7.82 Å². The third-order valence-electron chi connectivity index (χ3n) is 7.49. The average Bonchev–Trinajstić information content (AvgIpc) is 2.88. The van der Waals surface area contributed by atoms with E-state index in [1.165, 1.54) is 154 Å². The molecule has 38 heavy (non-hydrogen) atoms. The smallest absolute Gasteiger partial charge is 0.756 e. The van der Waals surface area contributed by atoms with Gasteiger partial charge in [-0.3, -0.25) is 4.57 Å². The Kier molecular flexibility index (Phi) is 36.5. The van der Waals surface area contributed by atoms with Crippen LogP contribution in [-0.2, 0) is 13.6 Å². The van der Waals surface area contributed by atoms with Crippen molar-refractivity contribution in [1.29, 1.82) is 0 Å². The third-order valence-corrected chi connectivity index (χ3v) is 8.49. The van der Waals surface area contributed by atoms with Gasteiger partial charge in [0.05, 0.1) is 13.2 Å². The fourth-order valence-corrected chi connectivity index (χ4v) is 5.76. The van der Waals surface area contributed by atoms with E-state index in [4.69, 9.17) is 9.05 Å². The molecule has 0 rings (SSSR count). The van der Waals surface area contributed by atoms with Crippen LogP contribution in [0.2, 0.25) is 0 Å². The monoisotopic (exact) mass is 552 g/mol. The zero-order chi connectivity index (χ0) is 27.1. The quantitative estimate of drug-likeness (QED) is 0.0477. The summed E-state index contributed by atoms with van der Waals surface area (Å²) in [5.74, 6) is 0. The maximum Gasteiger partial charge on any atom is 1.00 e. The van der Waals surface area contributed by atoms with Crippen molar-refractivity contribution in [2.24, 2.45) is 0 Å². The molecule has 0 fully saturated rings. The van der Waals surface area contributed by atoms with Crippen LogP contribution in [0.15, 0.2) is 0 Å². The van der Waals surface area contributed by atoms with Crippen LogP contribution < -0.4 is 23.8 Å². The van der Waals surface area contributed by atoms with E-state index in [2.05, 4.69) is 13.8 Å². The summed E-state index contributed by atoms with van der Waals surface area (Å²) in [5, 5.41) is 0. The molecule has 224 valence electrons. The number of rotatable bonds is 32. The van der Waals surface area contributed by atoms with Gasteiger partial charge in [0.1, 0.15) is 0 Å². The molecule has 0 aromatic rings. The van der Waals surface area contributed by atoms with E-state index >= 15 is 0 Å². The minimum absolute atomic E-state index is 0. The molecule has 6 heteroatoms. The van der Waals surface area contributed by atoms with Gasteiger partial charge in [0.15, 0.2) is 0 Å². The van der Waals surface area contributed by atoms with Crippen molar-refractivity contribution < 1.29 is 37.4 Å². The summed E-state index contributed by atoms with van der Waals surface area (Å²) < 4.78 is 21.9. The normalized spacial score (nSPS) is 11.7. The number of hydrogen-bond acceptors (Lipinski definition) is 4. The Balaban J connectivity index is 0. The molecule has 0 amide bonds. The second-order valence-electron chi connectivity index (χ2n) is 11.3. The van der Waals surface area contributed by atoms with Gasteiger partial charge in [-0.2, -0.15) is 0 Å². The van der Waals surface area contributed by atoms with E-state index in [9.17, 15) is 9.46 Å². The van der Waals surface area contributed by atoms with E-state index in [1.54, 1.807) is 0 Å². The molecule has 0 spiro atoms. The van der Waals surface area contributed by atoms with Gasteiger partial charge in [-0.25, -0.2) is 0 Å². The number of phosphoric acid groups is 1. The zero-order valence-corrected chi connectivity index (χ0v) is 27.2. The molecule has 0 aromatic carbocycles. The minimum atomic E-state index is -4.12. The minimum Gasteiger partial charge on any atom is -0.756 e. The van der Waals surface area contributed by atoms with Gasteiger partial charge < -0.3 is 13.9 Å². The molecule has 0 saturated heterocycles. The molecule has 0 unspecified atom stereocenters. The predicted octanol–water partition coefficient (Wildman–Crippen LogP) is 8.45. The second kappa shape index (κ2) is 33.9. The molecular weight excluding hydrogens is 486 g/mol. The fourth-order valence-electron chi connectivity index (χ4n) is 4.98. The molecular formula is C32H66LiO4P. The summed E-state index contributed by atoms with van der Waals surface area (Å²) in [6.45, 7) is 5.06. The van der Waals surface area contributed by atoms with Crippen LogP contribution in [-0.4, -0.2) is 13.2 Å². The van der Waals surface area contributed by atoms with Crippen molar-refractivity contribution in [1.82, 2.24) is 0 Å². The van der Waals surface area contributed by atoms with E-state index in [1.807, 2.05) is 0 Å². The topological polar surface area (TPSA) is 58.6 Å². The number of hydrogen-bond donors (Lipinski definition) is 0. The molecule has 0 aliphatic carbocycles. The largest absolute Gasteiger partial charge is 1.00 e. The maximum absolute atomic E-state index is 11.9. The van der Waals surface area contributed by atoms with Gasteiger partial charge in [-0.05, 0) is 12.8 Å². The summed E-state index contributed by atoms with van der Waals surface area (Å²) in [4.78, 5) is 11.9. The molecule has 4 nitrogen and oxygen atoms in total. The van der Waals surface area contributed by atoms with Crippen LogP contribution in [0.25, 0.3) is 0 Å². The summed E-state index contributed by atoms with van der Waals surface area (Å²) in [5.41, 5.74) is 0. The Hall–Kier alpha value is 0.707. The van der Waals surface area contributed by atoms with Crippen LogP contribution >= 0.6 is 7.82 Å². The Labute approximate surface area is 251 Å². The van der Waals surface area contributed by atoms with Crippen molar-refractivity contribution in [2.75, 3.05) is 13.2 Å². The molecule has 0 aliphatic heterocycles. The van der Waals surface area contributed by atoms with Gasteiger partial charge in [-0.1, -0.05) is 181 Å². The van der Waals surface area contributed by atoms with Crippen molar-refractivity contribution in [3.05, 3.63) is 0 Å². The average molecular weight is 553 g/mol. The maximum atomic E-state index is 11.9. The van der Waals surface area contributed by atoms with E-state index < -0.39 is 7.82 Å². The second-order valence-corrected chi connectivity index (χ2v) is 12.7. The first-order chi connectivity index (χ1) is 18.1. The number of unbranched alkanes of at least 4 members (excludes halogenated alkanes) is 26. The summed E-state index contributed by atoms with van der Waals surface area (Å²) in [6, 6.07) is 0. The van der Waals surface area contributed by atoms with Gasteiger partial charge in [0, 0.05) is 0 Å². The van der Waals surface area contributed by atoms with Gasteiger partial charge >= 0.3 is 18.9 Å². The Morgan fingerprint density at radius 2 is 0.579 bits per heavy atom. The number of phosphoric ester groups is 1. The zero-order valence-electron chi connectivity index (χ0n) is 26.3. The SMILES string of the molecule is CCCCCCCCCCCCCCCCOP(=O)([O-])OCCCCCCCCCCCCCCCC.[Li+]. The third kappa shape index (κ3) is 34.7. The molecule has 0 radical (unpaired) electrons. The van der Waals surface area contributed by atoms with Crippen LogP contribution in [0, 0.1) is 0 Å². The van der Waals surface area contributed by atoms with Crippen molar-refractivity contribution in [2.45, 2.75) is 194 Å². The van der Waals surface area contributed by atoms with E-state index in [0.29, 0.717) is 0 Å². The standard InChI is InChI=1S/C32H67O4P.Li/c1-3-5-7-9-11-13-15-17-19-21-23-25-27-29-31-35-37(33,34)36-32-30-28-26-24-22-20-18-16-14-12-10-8-6-4-2;/h3-32H2,1-2H3,(H,33,34);/q;+1/p-1.